The molecule has 3 nitrogen and oxygen atoms in total. The monoisotopic (exact) mass is 339 g/mol. The smallest absolute Gasteiger partial charge is 0.224 e. The van der Waals surface area contributed by atoms with Crippen molar-refractivity contribution >= 4 is 27.5 Å². The van der Waals surface area contributed by atoms with E-state index >= 15 is 0 Å². The molecule has 1 N–H and O–H groups in total. The zero-order valence-electron chi connectivity index (χ0n) is 12.2. The Morgan fingerprint density at radius 2 is 2.05 bits per heavy atom. The SMILES string of the molecule is CCC(CC)(CBr)COc1ccc2c(c1)CCC(=O)N2. The highest BCUT2D eigenvalue weighted by atomic mass is 79.9. The molecule has 0 atom stereocenters. The number of fused-ring (bicyclic) bond motifs is 1. The first-order valence-electron chi connectivity index (χ1n) is 7.24. The Labute approximate surface area is 129 Å². The third kappa shape index (κ3) is 3.35. The van der Waals surface area contributed by atoms with Gasteiger partial charge in [-0.15, -0.1) is 0 Å². The fraction of sp³-hybridized carbons (Fsp3) is 0.562. The number of nitrogens with one attached hydrogen (secondary N) is 1. The molecule has 0 radical (unpaired) electrons. The van der Waals surface area contributed by atoms with E-state index < -0.39 is 0 Å². The predicted molar refractivity (Wildman–Crippen MR) is 85.7 cm³/mol. The Bertz CT molecular complexity index is 475. The molecule has 0 bridgehead atoms. The topological polar surface area (TPSA) is 38.3 Å². The van der Waals surface area contributed by atoms with E-state index in [2.05, 4.69) is 41.2 Å². The first-order valence-corrected chi connectivity index (χ1v) is 8.36. The molecule has 1 aliphatic rings. The third-order valence-electron chi connectivity index (χ3n) is 4.30. The summed E-state index contributed by atoms with van der Waals surface area (Å²) in [7, 11) is 0. The zero-order valence-corrected chi connectivity index (χ0v) is 13.8. The standard InChI is InChI=1S/C16H22BrNO2/c1-3-16(4-2,10-17)11-20-13-6-7-14-12(9-13)5-8-15(19)18-14/h6-7,9H,3-5,8,10-11H2,1-2H3,(H,18,19). The Morgan fingerprint density at radius 3 is 2.70 bits per heavy atom. The lowest BCUT2D eigenvalue weighted by molar-refractivity contribution is -0.116. The van der Waals surface area contributed by atoms with Crippen molar-refractivity contribution < 1.29 is 9.53 Å². The highest BCUT2D eigenvalue weighted by Crippen LogP contribution is 2.31. The van der Waals surface area contributed by atoms with Gasteiger partial charge < -0.3 is 10.1 Å². The summed E-state index contributed by atoms with van der Waals surface area (Å²) in [5, 5.41) is 3.84. The maximum Gasteiger partial charge on any atom is 0.224 e. The molecule has 0 saturated carbocycles. The van der Waals surface area contributed by atoms with Gasteiger partial charge in [-0.25, -0.2) is 0 Å². The van der Waals surface area contributed by atoms with E-state index in [1.807, 2.05) is 12.1 Å². The van der Waals surface area contributed by atoms with Crippen LogP contribution in [0.15, 0.2) is 18.2 Å². The molecule has 1 aromatic rings. The van der Waals surface area contributed by atoms with E-state index in [1.54, 1.807) is 0 Å². The minimum Gasteiger partial charge on any atom is -0.493 e. The molecular formula is C16H22BrNO2. The van der Waals surface area contributed by atoms with Crippen LogP contribution in [0.25, 0.3) is 0 Å². The molecule has 1 amide bonds. The lowest BCUT2D eigenvalue weighted by Crippen LogP contribution is -2.29. The van der Waals surface area contributed by atoms with Gasteiger partial charge >= 0.3 is 0 Å². The number of carbonyl (C=O) groups is 1. The van der Waals surface area contributed by atoms with Crippen LogP contribution in [0, 0.1) is 5.41 Å². The molecule has 0 spiro atoms. The number of aryl methyl sites for hydroxylation is 1. The van der Waals surface area contributed by atoms with E-state index in [1.165, 1.54) is 5.56 Å². The zero-order chi connectivity index (χ0) is 14.6. The van der Waals surface area contributed by atoms with Crippen LogP contribution in [-0.4, -0.2) is 17.8 Å². The van der Waals surface area contributed by atoms with Crippen molar-refractivity contribution in [3.63, 3.8) is 0 Å². The lowest BCUT2D eigenvalue weighted by Gasteiger charge is -2.29. The number of amides is 1. The number of halogens is 1. The maximum atomic E-state index is 11.3. The van der Waals surface area contributed by atoms with Gasteiger partial charge in [0.1, 0.15) is 5.75 Å². The van der Waals surface area contributed by atoms with Gasteiger partial charge in [0.15, 0.2) is 0 Å². The van der Waals surface area contributed by atoms with Crippen molar-refractivity contribution in [2.75, 3.05) is 17.3 Å². The largest absolute Gasteiger partial charge is 0.493 e. The van der Waals surface area contributed by atoms with Crippen LogP contribution >= 0.6 is 15.9 Å². The maximum absolute atomic E-state index is 11.3. The van der Waals surface area contributed by atoms with E-state index in [0.29, 0.717) is 6.42 Å². The summed E-state index contributed by atoms with van der Waals surface area (Å²) in [5.74, 6) is 0.994. The van der Waals surface area contributed by atoms with Gasteiger partial charge in [0.2, 0.25) is 5.91 Å². The van der Waals surface area contributed by atoms with Gasteiger partial charge in [0.25, 0.3) is 0 Å². The molecule has 4 heteroatoms. The quantitative estimate of drug-likeness (QED) is 0.790. The number of carbonyl (C=O) groups excluding carboxylic acids is 1. The Kier molecular flexibility index (Phi) is 5.08. The first kappa shape index (κ1) is 15.4. The second kappa shape index (κ2) is 6.61. The van der Waals surface area contributed by atoms with Crippen molar-refractivity contribution in [3.8, 4) is 5.75 Å². The Hall–Kier alpha value is -1.03. The molecular weight excluding hydrogens is 318 g/mol. The number of benzene rings is 1. The predicted octanol–water partition coefficient (Wildman–Crippen LogP) is 4.15. The van der Waals surface area contributed by atoms with E-state index in [-0.39, 0.29) is 11.3 Å². The highest BCUT2D eigenvalue weighted by Gasteiger charge is 2.26. The van der Waals surface area contributed by atoms with Crippen molar-refractivity contribution in [2.24, 2.45) is 5.41 Å². The normalized spacial score (nSPS) is 14.7. The fourth-order valence-corrected chi connectivity index (χ4v) is 3.32. The summed E-state index contributed by atoms with van der Waals surface area (Å²) in [6.07, 6.45) is 3.54. The molecule has 0 fully saturated rings. The van der Waals surface area contributed by atoms with Crippen molar-refractivity contribution in [3.05, 3.63) is 23.8 Å². The minimum atomic E-state index is 0.0986. The van der Waals surface area contributed by atoms with Crippen LogP contribution in [0.2, 0.25) is 0 Å². The Balaban J connectivity index is 2.06. The van der Waals surface area contributed by atoms with Crippen LogP contribution in [-0.2, 0) is 11.2 Å². The van der Waals surface area contributed by atoms with E-state index in [4.69, 9.17) is 4.74 Å². The number of rotatable bonds is 6. The Morgan fingerprint density at radius 1 is 1.30 bits per heavy atom. The minimum absolute atomic E-state index is 0.0986. The summed E-state index contributed by atoms with van der Waals surface area (Å²) in [5.41, 5.74) is 2.29. The summed E-state index contributed by atoms with van der Waals surface area (Å²) < 4.78 is 5.99. The van der Waals surface area contributed by atoms with Crippen LogP contribution in [0.1, 0.15) is 38.7 Å². The average Bonchev–Trinajstić information content (AvgIpc) is 2.49. The number of hydrogen-bond acceptors (Lipinski definition) is 2. The summed E-state index contributed by atoms with van der Waals surface area (Å²) in [6.45, 7) is 5.13. The summed E-state index contributed by atoms with van der Waals surface area (Å²) >= 11 is 3.61. The second-order valence-electron chi connectivity index (χ2n) is 5.50. The fourth-order valence-electron chi connectivity index (χ4n) is 2.37. The van der Waals surface area contributed by atoms with Gasteiger partial charge in [-0.05, 0) is 43.0 Å². The summed E-state index contributed by atoms with van der Waals surface area (Å²) in [4.78, 5) is 11.3. The van der Waals surface area contributed by atoms with Gasteiger partial charge in [-0.1, -0.05) is 29.8 Å². The van der Waals surface area contributed by atoms with Crippen LogP contribution in [0.3, 0.4) is 0 Å². The van der Waals surface area contributed by atoms with E-state index in [0.717, 1.165) is 42.6 Å². The van der Waals surface area contributed by atoms with Gasteiger partial charge in [0.05, 0.1) is 6.61 Å². The lowest BCUT2D eigenvalue weighted by atomic mass is 9.86. The molecule has 2 rings (SSSR count). The van der Waals surface area contributed by atoms with Crippen LogP contribution in [0.4, 0.5) is 5.69 Å². The molecule has 0 aliphatic carbocycles. The molecule has 1 heterocycles. The molecule has 110 valence electrons. The second-order valence-corrected chi connectivity index (χ2v) is 6.06. The number of ether oxygens (including phenoxy) is 1. The summed E-state index contributed by atoms with van der Waals surface area (Å²) in [6, 6.07) is 5.93. The molecule has 20 heavy (non-hydrogen) atoms. The van der Waals surface area contributed by atoms with Gasteiger partial charge in [-0.3, -0.25) is 4.79 Å². The molecule has 1 aliphatic heterocycles. The molecule has 1 aromatic carbocycles. The van der Waals surface area contributed by atoms with Gasteiger partial charge in [0, 0.05) is 22.9 Å². The first-order chi connectivity index (χ1) is 9.62. The number of alkyl halides is 1. The highest BCUT2D eigenvalue weighted by molar-refractivity contribution is 9.09. The van der Waals surface area contributed by atoms with Crippen molar-refractivity contribution in [1.82, 2.24) is 0 Å². The van der Waals surface area contributed by atoms with Crippen molar-refractivity contribution in [1.29, 1.82) is 0 Å². The average molecular weight is 340 g/mol. The third-order valence-corrected chi connectivity index (χ3v) is 5.49. The molecule has 0 aromatic heterocycles. The van der Waals surface area contributed by atoms with Crippen LogP contribution < -0.4 is 10.1 Å². The number of anilines is 1. The van der Waals surface area contributed by atoms with Gasteiger partial charge in [-0.2, -0.15) is 0 Å². The van der Waals surface area contributed by atoms with Crippen LogP contribution in [0.5, 0.6) is 5.75 Å². The van der Waals surface area contributed by atoms with Crippen molar-refractivity contribution in [2.45, 2.75) is 39.5 Å². The molecule has 0 unspecified atom stereocenters. The molecule has 0 saturated heterocycles. The number of hydrogen-bond donors (Lipinski definition) is 1. The van der Waals surface area contributed by atoms with E-state index in [9.17, 15) is 4.79 Å².